The molecule has 0 aromatic carbocycles. The first-order chi connectivity index (χ1) is 8.03. The third-order valence-electron chi connectivity index (χ3n) is 3.44. The zero-order chi connectivity index (χ0) is 12.6. The lowest BCUT2D eigenvalue weighted by molar-refractivity contribution is -0.207. The van der Waals surface area contributed by atoms with Crippen molar-refractivity contribution in [2.75, 3.05) is 0 Å². The summed E-state index contributed by atoms with van der Waals surface area (Å²) in [4.78, 5) is 11.0. The van der Waals surface area contributed by atoms with E-state index in [-0.39, 0.29) is 18.0 Å². The second-order valence-corrected chi connectivity index (χ2v) is 6.01. The van der Waals surface area contributed by atoms with E-state index >= 15 is 0 Å². The monoisotopic (exact) mass is 254 g/mol. The van der Waals surface area contributed by atoms with Gasteiger partial charge in [-0.3, -0.25) is 0 Å². The number of ether oxygens (including phenoxy) is 2. The number of esters is 1. The van der Waals surface area contributed by atoms with Crippen LogP contribution in [0.5, 0.6) is 0 Å². The van der Waals surface area contributed by atoms with Crippen molar-refractivity contribution in [1.29, 1.82) is 0 Å². The normalized spacial score (nSPS) is 45.6. The lowest BCUT2D eigenvalue weighted by atomic mass is 9.92. The summed E-state index contributed by atoms with van der Waals surface area (Å²) in [5.74, 6) is -0.102. The molecule has 0 bridgehead atoms. The Labute approximate surface area is 106 Å². The van der Waals surface area contributed by atoms with E-state index < -0.39 is 11.0 Å². The van der Waals surface area contributed by atoms with Crippen LogP contribution in [0.2, 0.25) is 0 Å². The van der Waals surface area contributed by atoms with Gasteiger partial charge in [0.25, 0.3) is 0 Å². The molecule has 4 heteroatoms. The lowest BCUT2D eigenvalue weighted by Gasteiger charge is -2.43. The molecule has 0 N–H and O–H groups in total. The van der Waals surface area contributed by atoms with E-state index in [2.05, 4.69) is 13.2 Å². The second-order valence-electron chi connectivity index (χ2n) is 4.53. The fourth-order valence-corrected chi connectivity index (χ4v) is 4.16. The van der Waals surface area contributed by atoms with Gasteiger partial charge in [0.1, 0.15) is 6.10 Å². The topological polar surface area (TPSA) is 35.5 Å². The van der Waals surface area contributed by atoms with E-state index in [1.807, 2.05) is 19.1 Å². The molecule has 0 amide bonds. The molecule has 2 unspecified atom stereocenters. The van der Waals surface area contributed by atoms with Crippen molar-refractivity contribution in [3.05, 3.63) is 25.3 Å². The number of hydrogen-bond donors (Lipinski definition) is 0. The number of carbonyl (C=O) groups is 1. The van der Waals surface area contributed by atoms with Crippen molar-refractivity contribution in [2.45, 2.75) is 42.7 Å². The van der Waals surface area contributed by atoms with Crippen molar-refractivity contribution in [3.63, 3.8) is 0 Å². The quantitative estimate of drug-likeness (QED) is 0.560. The smallest absolute Gasteiger partial charge is 0.335 e. The van der Waals surface area contributed by atoms with Crippen LogP contribution >= 0.6 is 11.8 Å². The van der Waals surface area contributed by atoms with Crippen LogP contribution in [-0.4, -0.2) is 28.4 Å². The molecular formula is C13H18O3S. The highest BCUT2D eigenvalue weighted by Crippen LogP contribution is 2.54. The van der Waals surface area contributed by atoms with Gasteiger partial charge in [0, 0.05) is 11.2 Å². The first-order valence-electron chi connectivity index (χ1n) is 5.84. The van der Waals surface area contributed by atoms with E-state index in [1.54, 1.807) is 18.7 Å². The average molecular weight is 254 g/mol. The van der Waals surface area contributed by atoms with E-state index in [9.17, 15) is 4.79 Å². The van der Waals surface area contributed by atoms with Crippen LogP contribution in [0.1, 0.15) is 20.3 Å². The minimum Gasteiger partial charge on any atom is -0.457 e. The molecule has 94 valence electrons. The molecule has 2 rings (SSSR count). The molecule has 2 fully saturated rings. The summed E-state index contributed by atoms with van der Waals surface area (Å²) in [5, 5.41) is 0.324. The van der Waals surface area contributed by atoms with Gasteiger partial charge in [-0.25, -0.2) is 4.79 Å². The molecule has 2 heterocycles. The minimum atomic E-state index is -0.510. The number of thioether (sulfide) groups is 1. The summed E-state index contributed by atoms with van der Waals surface area (Å²) >= 11 is 1.69. The zero-order valence-electron chi connectivity index (χ0n) is 10.2. The van der Waals surface area contributed by atoms with Crippen LogP contribution in [0.4, 0.5) is 0 Å². The van der Waals surface area contributed by atoms with Crippen molar-refractivity contribution < 1.29 is 14.3 Å². The molecule has 17 heavy (non-hydrogen) atoms. The highest BCUT2D eigenvalue weighted by Gasteiger charge is 2.56. The summed E-state index contributed by atoms with van der Waals surface area (Å²) in [7, 11) is 0. The Hall–Kier alpha value is -0.740. The Bertz CT molecular complexity index is 355. The van der Waals surface area contributed by atoms with Crippen LogP contribution in [0.25, 0.3) is 0 Å². The van der Waals surface area contributed by atoms with E-state index in [0.29, 0.717) is 5.25 Å². The predicted molar refractivity (Wildman–Crippen MR) is 68.7 cm³/mol. The number of hydrogen-bond acceptors (Lipinski definition) is 4. The van der Waals surface area contributed by atoms with Gasteiger partial charge in [0.15, 0.2) is 11.0 Å². The Morgan fingerprint density at radius 1 is 1.41 bits per heavy atom. The molecule has 0 saturated carbocycles. The zero-order valence-corrected chi connectivity index (χ0v) is 11.0. The Kier molecular flexibility index (Phi) is 3.36. The molecule has 0 radical (unpaired) electrons. The van der Waals surface area contributed by atoms with Crippen molar-refractivity contribution in [2.24, 2.45) is 5.92 Å². The maximum atomic E-state index is 11.5. The number of rotatable bonds is 2. The molecule has 2 saturated heterocycles. The Balaban J connectivity index is 2.29. The maximum Gasteiger partial charge on any atom is 0.335 e. The number of carbonyl (C=O) groups excluding carboxylic acids is 1. The predicted octanol–water partition coefficient (Wildman–Crippen LogP) is 2.53. The molecule has 0 aromatic rings. The van der Waals surface area contributed by atoms with Gasteiger partial charge in [-0.1, -0.05) is 12.2 Å². The average Bonchev–Trinajstić information content (AvgIpc) is 2.66. The number of cyclic esters (lactones) is 1. The van der Waals surface area contributed by atoms with Crippen LogP contribution in [0, 0.1) is 5.92 Å². The molecule has 0 aliphatic carbocycles. The molecule has 2 aliphatic heterocycles. The van der Waals surface area contributed by atoms with Crippen LogP contribution in [0.3, 0.4) is 0 Å². The Morgan fingerprint density at radius 3 is 2.71 bits per heavy atom. The first-order valence-corrected chi connectivity index (χ1v) is 6.72. The van der Waals surface area contributed by atoms with Crippen LogP contribution in [0.15, 0.2) is 25.3 Å². The van der Waals surface area contributed by atoms with Crippen LogP contribution < -0.4 is 0 Å². The summed E-state index contributed by atoms with van der Waals surface area (Å²) in [5.41, 5.74) is 0. The van der Waals surface area contributed by atoms with Gasteiger partial charge in [-0.05, 0) is 20.3 Å². The largest absolute Gasteiger partial charge is 0.457 e. The molecular weight excluding hydrogens is 236 g/mol. The van der Waals surface area contributed by atoms with Crippen molar-refractivity contribution in [3.8, 4) is 0 Å². The molecule has 1 spiro atoms. The summed E-state index contributed by atoms with van der Waals surface area (Å²) < 4.78 is 11.4. The SMILES string of the molecule is C=CC1CC(C=C)[C@]2(O[C@@H](C)C(=O)O[C@H]2C)S1. The standard InChI is InChI=1S/C13H18O3S/c1-5-10-7-11(6-2)17-13(10)9(4)15-12(14)8(3)16-13/h5-6,8-11H,1-2,7H2,3-4H3/t8-,9-,10?,11?,13+/m0/s1. The fourth-order valence-electron chi connectivity index (χ4n) is 2.48. The highest BCUT2D eigenvalue weighted by molar-refractivity contribution is 8.01. The summed E-state index contributed by atoms with van der Waals surface area (Å²) in [6, 6.07) is 0. The molecule has 0 aromatic heterocycles. The van der Waals surface area contributed by atoms with Gasteiger partial charge in [0.05, 0.1) is 0 Å². The van der Waals surface area contributed by atoms with Crippen molar-refractivity contribution >= 4 is 17.7 Å². The molecule has 3 nitrogen and oxygen atoms in total. The third-order valence-corrected chi connectivity index (χ3v) is 5.23. The van der Waals surface area contributed by atoms with Gasteiger partial charge in [0.2, 0.25) is 0 Å². The summed E-state index contributed by atoms with van der Waals surface area (Å²) in [6.45, 7) is 11.3. The maximum absolute atomic E-state index is 11.5. The van der Waals surface area contributed by atoms with Crippen LogP contribution in [-0.2, 0) is 14.3 Å². The van der Waals surface area contributed by atoms with E-state index in [4.69, 9.17) is 9.47 Å². The van der Waals surface area contributed by atoms with Gasteiger partial charge in [-0.2, -0.15) is 0 Å². The van der Waals surface area contributed by atoms with E-state index in [1.165, 1.54) is 0 Å². The third kappa shape index (κ3) is 1.93. The lowest BCUT2D eigenvalue weighted by Crippen LogP contribution is -2.54. The molecule has 5 atom stereocenters. The second kappa shape index (κ2) is 4.50. The fraction of sp³-hybridized carbons (Fsp3) is 0.615. The van der Waals surface area contributed by atoms with Gasteiger partial charge < -0.3 is 9.47 Å². The van der Waals surface area contributed by atoms with Gasteiger partial charge >= 0.3 is 5.97 Å². The highest BCUT2D eigenvalue weighted by atomic mass is 32.2. The minimum absolute atomic E-state index is 0.182. The van der Waals surface area contributed by atoms with Gasteiger partial charge in [-0.15, -0.1) is 24.9 Å². The van der Waals surface area contributed by atoms with E-state index in [0.717, 1.165) is 6.42 Å². The first kappa shape index (κ1) is 12.7. The Morgan fingerprint density at radius 2 is 2.12 bits per heavy atom. The molecule has 2 aliphatic rings. The van der Waals surface area contributed by atoms with Crippen molar-refractivity contribution in [1.82, 2.24) is 0 Å². The summed E-state index contributed by atoms with van der Waals surface area (Å²) in [6.07, 6.45) is 3.99.